The molecule has 1 rings (SSSR count). The van der Waals surface area contributed by atoms with Gasteiger partial charge in [0.25, 0.3) is 0 Å². The Labute approximate surface area is 89.3 Å². The van der Waals surface area contributed by atoms with Gasteiger partial charge in [-0.05, 0) is 36.4 Å². The Balaban J connectivity index is 2.84. The largest absolute Gasteiger partial charge is 0.330 e. The Morgan fingerprint density at radius 3 is 2.47 bits per heavy atom. The zero-order valence-electron chi connectivity index (χ0n) is 9.13. The average Bonchev–Trinajstić information content (AvgIpc) is 2.19. The summed E-state index contributed by atoms with van der Waals surface area (Å²) in [5.41, 5.74) is 6.01. The highest BCUT2D eigenvalue weighted by Crippen LogP contribution is 2.19. The number of halogens is 2. The zero-order chi connectivity index (χ0) is 11.4. The Bertz CT molecular complexity index is 323. The molecule has 0 spiro atoms. The lowest BCUT2D eigenvalue weighted by Crippen LogP contribution is -2.22. The van der Waals surface area contributed by atoms with E-state index in [1.807, 2.05) is 13.8 Å². The van der Waals surface area contributed by atoms with Gasteiger partial charge in [0.1, 0.15) is 0 Å². The van der Waals surface area contributed by atoms with Gasteiger partial charge in [-0.15, -0.1) is 0 Å². The Morgan fingerprint density at radius 1 is 1.27 bits per heavy atom. The van der Waals surface area contributed by atoms with E-state index < -0.39 is 11.6 Å². The third-order valence-electron chi connectivity index (χ3n) is 2.76. The lowest BCUT2D eigenvalue weighted by Gasteiger charge is -2.19. The van der Waals surface area contributed by atoms with Crippen molar-refractivity contribution in [2.24, 2.45) is 17.6 Å². The number of benzene rings is 1. The summed E-state index contributed by atoms with van der Waals surface area (Å²) in [6.07, 6.45) is 0.498. The van der Waals surface area contributed by atoms with Crippen molar-refractivity contribution in [3.63, 3.8) is 0 Å². The van der Waals surface area contributed by atoms with E-state index in [0.29, 0.717) is 24.4 Å². The number of hydrogen-bond donors (Lipinski definition) is 1. The molecule has 0 fully saturated rings. The molecule has 0 aliphatic rings. The van der Waals surface area contributed by atoms with Crippen molar-refractivity contribution in [1.82, 2.24) is 0 Å². The normalized spacial score (nSPS) is 13.2. The smallest absolute Gasteiger partial charge is 0.162 e. The predicted octanol–water partition coefficient (Wildman–Crippen LogP) is 2.74. The van der Waals surface area contributed by atoms with Gasteiger partial charge in [0.05, 0.1) is 0 Å². The quantitative estimate of drug-likeness (QED) is 0.817. The van der Waals surface area contributed by atoms with Crippen LogP contribution in [-0.4, -0.2) is 6.54 Å². The molecule has 1 aromatic rings. The van der Waals surface area contributed by atoms with Gasteiger partial charge in [0.2, 0.25) is 0 Å². The van der Waals surface area contributed by atoms with E-state index in [1.54, 1.807) is 6.07 Å². The van der Waals surface area contributed by atoms with E-state index in [-0.39, 0.29) is 5.92 Å². The van der Waals surface area contributed by atoms with Crippen LogP contribution in [0.5, 0.6) is 0 Å². The van der Waals surface area contributed by atoms with Crippen molar-refractivity contribution >= 4 is 0 Å². The average molecular weight is 213 g/mol. The van der Waals surface area contributed by atoms with Crippen molar-refractivity contribution in [1.29, 1.82) is 0 Å². The maximum absolute atomic E-state index is 13.3. The van der Waals surface area contributed by atoms with Gasteiger partial charge in [0.15, 0.2) is 11.6 Å². The Hall–Kier alpha value is -0.960. The summed E-state index contributed by atoms with van der Waals surface area (Å²) in [5, 5.41) is 0. The Morgan fingerprint density at radius 2 is 1.93 bits per heavy atom. The second kappa shape index (κ2) is 5.21. The van der Waals surface area contributed by atoms with Crippen molar-refractivity contribution in [2.75, 3.05) is 6.54 Å². The molecule has 0 aliphatic heterocycles. The van der Waals surface area contributed by atoms with Crippen molar-refractivity contribution in [3.8, 4) is 0 Å². The summed E-state index contributed by atoms with van der Waals surface area (Å²) in [7, 11) is 0. The summed E-state index contributed by atoms with van der Waals surface area (Å²) in [5.74, 6) is -0.956. The second-order valence-electron chi connectivity index (χ2n) is 4.16. The third-order valence-corrected chi connectivity index (χ3v) is 2.76. The van der Waals surface area contributed by atoms with Gasteiger partial charge < -0.3 is 5.73 Å². The molecule has 1 aromatic carbocycles. The molecule has 0 saturated carbocycles. The molecule has 0 bridgehead atoms. The summed E-state index contributed by atoms with van der Waals surface area (Å²) < 4.78 is 26.3. The minimum absolute atomic E-state index is 0.196. The first-order valence-corrected chi connectivity index (χ1v) is 5.19. The van der Waals surface area contributed by atoms with E-state index in [1.165, 1.54) is 6.07 Å². The van der Waals surface area contributed by atoms with E-state index in [0.717, 1.165) is 6.07 Å². The monoisotopic (exact) mass is 213 g/mol. The fourth-order valence-electron chi connectivity index (χ4n) is 1.58. The Kier molecular flexibility index (Phi) is 4.21. The predicted molar refractivity (Wildman–Crippen MR) is 57.4 cm³/mol. The van der Waals surface area contributed by atoms with Crippen LogP contribution in [0.25, 0.3) is 0 Å². The first kappa shape index (κ1) is 12.1. The molecule has 0 aliphatic carbocycles. The van der Waals surface area contributed by atoms with Crippen molar-refractivity contribution in [2.45, 2.75) is 20.3 Å². The van der Waals surface area contributed by atoms with Crippen LogP contribution in [-0.2, 0) is 6.42 Å². The fourth-order valence-corrected chi connectivity index (χ4v) is 1.58. The molecule has 1 nitrogen and oxygen atoms in total. The molecular weight excluding hydrogens is 196 g/mol. The minimum Gasteiger partial charge on any atom is -0.330 e. The molecule has 3 heteroatoms. The van der Waals surface area contributed by atoms with Crippen LogP contribution in [0.3, 0.4) is 0 Å². The second-order valence-corrected chi connectivity index (χ2v) is 4.16. The molecule has 1 unspecified atom stereocenters. The summed E-state index contributed by atoms with van der Waals surface area (Å²) >= 11 is 0. The van der Waals surface area contributed by atoms with Gasteiger partial charge in [-0.25, -0.2) is 8.78 Å². The fraction of sp³-hybridized carbons (Fsp3) is 0.500. The van der Waals surface area contributed by atoms with E-state index in [2.05, 4.69) is 0 Å². The van der Waals surface area contributed by atoms with Gasteiger partial charge >= 0.3 is 0 Å². The minimum atomic E-state index is -0.785. The van der Waals surface area contributed by atoms with E-state index in [9.17, 15) is 8.78 Å². The van der Waals surface area contributed by atoms with Crippen LogP contribution in [0.1, 0.15) is 19.4 Å². The maximum Gasteiger partial charge on any atom is 0.162 e. The molecular formula is C12H17F2N. The molecule has 0 heterocycles. The zero-order valence-corrected chi connectivity index (χ0v) is 9.13. The van der Waals surface area contributed by atoms with Gasteiger partial charge in [0, 0.05) is 0 Å². The topological polar surface area (TPSA) is 26.0 Å². The van der Waals surface area contributed by atoms with Crippen molar-refractivity contribution < 1.29 is 8.78 Å². The van der Waals surface area contributed by atoms with Gasteiger partial charge in [-0.3, -0.25) is 0 Å². The molecule has 0 saturated heterocycles. The molecule has 84 valence electrons. The first-order valence-electron chi connectivity index (χ1n) is 5.19. The lowest BCUT2D eigenvalue weighted by atomic mass is 9.89. The maximum atomic E-state index is 13.3. The highest BCUT2D eigenvalue weighted by molar-refractivity contribution is 5.19. The SMILES string of the molecule is CC(C)C(CN)Cc1cccc(F)c1F. The van der Waals surface area contributed by atoms with Crippen molar-refractivity contribution in [3.05, 3.63) is 35.4 Å². The first-order chi connectivity index (χ1) is 7.06. The molecule has 15 heavy (non-hydrogen) atoms. The van der Waals surface area contributed by atoms with Crippen LogP contribution in [0.4, 0.5) is 8.78 Å². The molecule has 0 amide bonds. The van der Waals surface area contributed by atoms with E-state index in [4.69, 9.17) is 5.73 Å². The number of rotatable bonds is 4. The third kappa shape index (κ3) is 2.99. The standard InChI is InChI=1S/C12H17F2N/c1-8(2)10(7-15)6-9-4-3-5-11(13)12(9)14/h3-5,8,10H,6-7,15H2,1-2H3. The van der Waals surface area contributed by atoms with Crippen LogP contribution < -0.4 is 5.73 Å². The van der Waals surface area contributed by atoms with Crippen LogP contribution in [0.15, 0.2) is 18.2 Å². The summed E-state index contributed by atoms with van der Waals surface area (Å²) in [6.45, 7) is 4.57. The number of hydrogen-bond acceptors (Lipinski definition) is 1. The number of nitrogens with two attached hydrogens (primary N) is 1. The highest BCUT2D eigenvalue weighted by Gasteiger charge is 2.16. The highest BCUT2D eigenvalue weighted by atomic mass is 19.2. The van der Waals surface area contributed by atoms with E-state index >= 15 is 0 Å². The lowest BCUT2D eigenvalue weighted by molar-refractivity contribution is 0.382. The summed E-state index contributed by atoms with van der Waals surface area (Å²) in [6, 6.07) is 4.27. The molecule has 0 aromatic heterocycles. The van der Waals surface area contributed by atoms with Crippen LogP contribution in [0.2, 0.25) is 0 Å². The van der Waals surface area contributed by atoms with Gasteiger partial charge in [-0.1, -0.05) is 26.0 Å². The van der Waals surface area contributed by atoms with Crippen LogP contribution >= 0.6 is 0 Å². The molecule has 2 N–H and O–H groups in total. The molecule has 0 radical (unpaired) electrons. The summed E-state index contributed by atoms with van der Waals surface area (Å²) in [4.78, 5) is 0. The van der Waals surface area contributed by atoms with Crippen LogP contribution in [0, 0.1) is 23.5 Å². The van der Waals surface area contributed by atoms with Gasteiger partial charge in [-0.2, -0.15) is 0 Å². The molecule has 1 atom stereocenters.